The maximum atomic E-state index is 9.15. The lowest BCUT2D eigenvalue weighted by Gasteiger charge is -2.39. The Morgan fingerprint density at radius 3 is 2.44 bits per heavy atom. The van der Waals surface area contributed by atoms with Crippen LogP contribution in [-0.2, 0) is 4.74 Å². The van der Waals surface area contributed by atoms with Crippen molar-refractivity contribution in [3.05, 3.63) is 29.8 Å². The number of hydrogen-bond acceptors (Lipinski definition) is 4. The summed E-state index contributed by atoms with van der Waals surface area (Å²) in [4.78, 5) is 1.20. The van der Waals surface area contributed by atoms with Crippen LogP contribution in [0.2, 0.25) is 0 Å². The summed E-state index contributed by atoms with van der Waals surface area (Å²) < 4.78 is 5.11. The van der Waals surface area contributed by atoms with Crippen molar-refractivity contribution in [1.82, 2.24) is 0 Å². The fourth-order valence-electron chi connectivity index (χ4n) is 1.77. The van der Waals surface area contributed by atoms with E-state index in [0.29, 0.717) is 13.2 Å². The molecule has 0 aliphatic carbocycles. The molecule has 1 atom stereocenters. The molecule has 0 saturated carbocycles. The minimum atomic E-state index is -0.527. The summed E-state index contributed by atoms with van der Waals surface area (Å²) >= 11 is 1.69. The Morgan fingerprint density at radius 1 is 1.44 bits per heavy atom. The molecular formula is C12H14N2OS. The van der Waals surface area contributed by atoms with E-state index in [-0.39, 0.29) is 6.04 Å². The van der Waals surface area contributed by atoms with Crippen molar-refractivity contribution in [3.8, 4) is 6.07 Å². The van der Waals surface area contributed by atoms with E-state index in [9.17, 15) is 0 Å². The van der Waals surface area contributed by atoms with Gasteiger partial charge in [0, 0.05) is 4.90 Å². The van der Waals surface area contributed by atoms with Crippen LogP contribution in [0.15, 0.2) is 29.2 Å². The molecule has 0 radical (unpaired) electrons. The van der Waals surface area contributed by atoms with Gasteiger partial charge in [0.2, 0.25) is 0 Å². The van der Waals surface area contributed by atoms with E-state index >= 15 is 0 Å². The summed E-state index contributed by atoms with van der Waals surface area (Å²) in [5.41, 5.74) is 6.60. The van der Waals surface area contributed by atoms with Crippen molar-refractivity contribution >= 4 is 11.8 Å². The Kier molecular flexibility index (Phi) is 3.20. The molecular weight excluding hydrogens is 220 g/mol. The number of nitrogens with zero attached hydrogens (tertiary/aromatic N) is 1. The van der Waals surface area contributed by atoms with E-state index in [0.717, 1.165) is 5.56 Å². The quantitative estimate of drug-likeness (QED) is 0.812. The van der Waals surface area contributed by atoms with Crippen LogP contribution in [0.1, 0.15) is 11.6 Å². The Hall–Kier alpha value is -1.02. The molecule has 84 valence electrons. The van der Waals surface area contributed by atoms with E-state index < -0.39 is 5.41 Å². The highest BCUT2D eigenvalue weighted by molar-refractivity contribution is 7.98. The molecule has 1 saturated heterocycles. The maximum Gasteiger partial charge on any atom is 0.123 e. The molecule has 1 fully saturated rings. The molecule has 2 N–H and O–H groups in total. The number of thioether (sulfide) groups is 1. The number of rotatable bonds is 3. The molecule has 1 aliphatic rings. The van der Waals surface area contributed by atoms with Gasteiger partial charge < -0.3 is 10.5 Å². The van der Waals surface area contributed by atoms with Gasteiger partial charge in [-0.15, -0.1) is 11.8 Å². The van der Waals surface area contributed by atoms with E-state index in [4.69, 9.17) is 15.7 Å². The predicted octanol–water partition coefficient (Wildman–Crippen LogP) is 1.95. The van der Waals surface area contributed by atoms with E-state index in [2.05, 4.69) is 6.07 Å². The van der Waals surface area contributed by atoms with Gasteiger partial charge in [-0.1, -0.05) is 12.1 Å². The summed E-state index contributed by atoms with van der Waals surface area (Å²) in [5.74, 6) is 0. The third kappa shape index (κ3) is 1.82. The van der Waals surface area contributed by atoms with Crippen molar-refractivity contribution in [2.75, 3.05) is 19.5 Å². The van der Waals surface area contributed by atoms with Crippen molar-refractivity contribution in [3.63, 3.8) is 0 Å². The zero-order valence-corrected chi connectivity index (χ0v) is 9.96. The monoisotopic (exact) mass is 234 g/mol. The molecule has 1 unspecified atom stereocenters. The average molecular weight is 234 g/mol. The molecule has 0 bridgehead atoms. The van der Waals surface area contributed by atoms with Gasteiger partial charge in [0.1, 0.15) is 5.41 Å². The van der Waals surface area contributed by atoms with E-state index in [1.54, 1.807) is 11.8 Å². The lowest BCUT2D eigenvalue weighted by Crippen LogP contribution is -2.49. The zero-order chi connectivity index (χ0) is 11.6. The van der Waals surface area contributed by atoms with Crippen molar-refractivity contribution in [2.45, 2.75) is 10.9 Å². The van der Waals surface area contributed by atoms with Gasteiger partial charge in [-0.3, -0.25) is 0 Å². The van der Waals surface area contributed by atoms with Crippen LogP contribution < -0.4 is 5.73 Å². The van der Waals surface area contributed by atoms with Crippen LogP contribution in [0.4, 0.5) is 0 Å². The van der Waals surface area contributed by atoms with Crippen molar-refractivity contribution < 1.29 is 4.74 Å². The highest BCUT2D eigenvalue weighted by atomic mass is 32.2. The second kappa shape index (κ2) is 4.46. The van der Waals surface area contributed by atoms with Gasteiger partial charge in [0.05, 0.1) is 25.3 Å². The molecule has 2 rings (SSSR count). The molecule has 4 heteroatoms. The van der Waals surface area contributed by atoms with Gasteiger partial charge in [-0.05, 0) is 24.0 Å². The minimum absolute atomic E-state index is 0.262. The highest BCUT2D eigenvalue weighted by Crippen LogP contribution is 2.38. The number of benzene rings is 1. The highest BCUT2D eigenvalue weighted by Gasteiger charge is 2.45. The minimum Gasteiger partial charge on any atom is -0.378 e. The predicted molar refractivity (Wildman–Crippen MR) is 64.0 cm³/mol. The van der Waals surface area contributed by atoms with Crippen LogP contribution in [0.25, 0.3) is 0 Å². The van der Waals surface area contributed by atoms with Gasteiger partial charge >= 0.3 is 0 Å². The van der Waals surface area contributed by atoms with E-state index in [1.165, 1.54) is 4.90 Å². The smallest absolute Gasteiger partial charge is 0.123 e. The third-order valence-corrected chi connectivity index (χ3v) is 3.76. The fraction of sp³-hybridized carbons (Fsp3) is 0.417. The molecule has 1 aromatic carbocycles. The first kappa shape index (κ1) is 11.5. The topological polar surface area (TPSA) is 59.0 Å². The van der Waals surface area contributed by atoms with Crippen LogP contribution in [0.5, 0.6) is 0 Å². The summed E-state index contributed by atoms with van der Waals surface area (Å²) in [5, 5.41) is 9.15. The van der Waals surface area contributed by atoms with Crippen LogP contribution >= 0.6 is 11.8 Å². The Balaban J connectivity index is 2.20. The second-order valence-electron chi connectivity index (χ2n) is 4.01. The standard InChI is InChI=1S/C12H14N2OS/c1-16-10-4-2-9(3-5-10)11(14)12(6-13)7-15-8-12/h2-5,11H,7-8,14H2,1H3. The number of nitrogens with two attached hydrogens (primary N) is 1. The molecule has 1 aromatic rings. The molecule has 1 aliphatic heterocycles. The van der Waals surface area contributed by atoms with Gasteiger partial charge in [-0.2, -0.15) is 5.26 Å². The van der Waals surface area contributed by atoms with Crippen molar-refractivity contribution in [1.29, 1.82) is 5.26 Å². The zero-order valence-electron chi connectivity index (χ0n) is 9.14. The fourth-order valence-corrected chi connectivity index (χ4v) is 2.17. The second-order valence-corrected chi connectivity index (χ2v) is 4.89. The first-order valence-corrected chi connectivity index (χ1v) is 6.33. The molecule has 0 aromatic heterocycles. The Bertz CT molecular complexity index is 406. The first-order valence-electron chi connectivity index (χ1n) is 5.10. The SMILES string of the molecule is CSc1ccc(C(N)C2(C#N)COC2)cc1. The number of nitriles is 1. The average Bonchev–Trinajstić information content (AvgIpc) is 2.28. The molecule has 3 nitrogen and oxygen atoms in total. The van der Waals surface area contributed by atoms with Crippen LogP contribution in [-0.4, -0.2) is 19.5 Å². The van der Waals surface area contributed by atoms with Gasteiger partial charge in [0.15, 0.2) is 0 Å². The normalized spacial score (nSPS) is 19.6. The maximum absolute atomic E-state index is 9.15. The molecule has 0 amide bonds. The summed E-state index contributed by atoms with van der Waals surface area (Å²) in [6.07, 6.45) is 2.03. The third-order valence-electron chi connectivity index (χ3n) is 3.01. The summed E-state index contributed by atoms with van der Waals surface area (Å²) in [6.45, 7) is 0.879. The van der Waals surface area contributed by atoms with Crippen LogP contribution in [0.3, 0.4) is 0 Å². The molecule has 0 spiro atoms. The van der Waals surface area contributed by atoms with Crippen molar-refractivity contribution in [2.24, 2.45) is 11.1 Å². The largest absolute Gasteiger partial charge is 0.378 e. The molecule has 1 heterocycles. The summed E-state index contributed by atoms with van der Waals surface area (Å²) in [6, 6.07) is 10.1. The lowest BCUT2D eigenvalue weighted by atomic mass is 9.77. The number of hydrogen-bond donors (Lipinski definition) is 1. The Morgan fingerprint density at radius 2 is 2.06 bits per heavy atom. The summed E-state index contributed by atoms with van der Waals surface area (Å²) in [7, 11) is 0. The molecule has 16 heavy (non-hydrogen) atoms. The lowest BCUT2D eigenvalue weighted by molar-refractivity contribution is -0.0910. The van der Waals surface area contributed by atoms with E-state index in [1.807, 2.05) is 30.5 Å². The van der Waals surface area contributed by atoms with Crippen LogP contribution in [0, 0.1) is 16.7 Å². The Labute approximate surface area is 99.6 Å². The first-order chi connectivity index (χ1) is 7.72. The number of ether oxygens (including phenoxy) is 1. The van der Waals surface area contributed by atoms with Gasteiger partial charge in [0.25, 0.3) is 0 Å². The van der Waals surface area contributed by atoms with Gasteiger partial charge in [-0.25, -0.2) is 0 Å².